The summed E-state index contributed by atoms with van der Waals surface area (Å²) < 4.78 is 0. The first-order valence-corrected chi connectivity index (χ1v) is 4.43. The van der Waals surface area contributed by atoms with Crippen molar-refractivity contribution < 1.29 is 4.92 Å². The number of halogens is 1. The average molecular weight is 225 g/mol. The molecule has 76 valence electrons. The fraction of sp³-hybridized carbons (Fsp3) is 0. The third-order valence-electron chi connectivity index (χ3n) is 2.01. The number of non-ortho nitro benzene ring substituents is 1. The predicted octanol–water partition coefficient (Wildman–Crippen LogP) is 2.09. The van der Waals surface area contributed by atoms with Gasteiger partial charge in [-0.05, 0) is 17.5 Å². The molecule has 0 saturated heterocycles. The van der Waals surface area contributed by atoms with Crippen LogP contribution in [0.15, 0.2) is 29.1 Å². The average Bonchev–Trinajstić information content (AvgIpc) is 2.16. The monoisotopic (exact) mass is 224 g/mol. The first-order chi connectivity index (χ1) is 7.08. The summed E-state index contributed by atoms with van der Waals surface area (Å²) in [5, 5.41) is 11.5. The van der Waals surface area contributed by atoms with Gasteiger partial charge < -0.3 is 4.98 Å². The minimum Gasteiger partial charge on any atom is -0.312 e. The Balaban J connectivity index is 2.82. The molecule has 0 saturated carbocycles. The maximum atomic E-state index is 11.4. The number of aromatic nitrogens is 1. The van der Waals surface area contributed by atoms with Gasteiger partial charge in [-0.25, -0.2) is 0 Å². The van der Waals surface area contributed by atoms with Gasteiger partial charge in [0.1, 0.15) is 5.15 Å². The van der Waals surface area contributed by atoms with E-state index in [1.807, 2.05) is 0 Å². The Bertz CT molecular complexity index is 606. The Morgan fingerprint density at radius 1 is 1.33 bits per heavy atom. The topological polar surface area (TPSA) is 76.0 Å². The van der Waals surface area contributed by atoms with E-state index in [4.69, 9.17) is 11.6 Å². The fourth-order valence-corrected chi connectivity index (χ4v) is 1.54. The third kappa shape index (κ3) is 1.69. The number of nitrogens with zero attached hydrogens (tertiary/aromatic N) is 1. The van der Waals surface area contributed by atoms with Crippen LogP contribution in [0.3, 0.4) is 0 Å². The molecule has 0 bridgehead atoms. The lowest BCUT2D eigenvalue weighted by molar-refractivity contribution is -0.384. The van der Waals surface area contributed by atoms with Crippen LogP contribution in [0.2, 0.25) is 5.15 Å². The van der Waals surface area contributed by atoms with Crippen LogP contribution >= 0.6 is 11.6 Å². The van der Waals surface area contributed by atoms with Crippen LogP contribution in [0.5, 0.6) is 0 Å². The van der Waals surface area contributed by atoms with E-state index < -0.39 is 4.92 Å². The molecule has 0 spiro atoms. The second-order valence-electron chi connectivity index (χ2n) is 2.98. The van der Waals surface area contributed by atoms with E-state index in [-0.39, 0.29) is 16.4 Å². The summed E-state index contributed by atoms with van der Waals surface area (Å²) in [6.07, 6.45) is 0. The number of nitro benzene ring substituents is 1. The highest BCUT2D eigenvalue weighted by Gasteiger charge is 2.08. The van der Waals surface area contributed by atoms with Crippen molar-refractivity contribution in [2.75, 3.05) is 0 Å². The molecule has 1 N–H and O–H groups in total. The number of benzene rings is 1. The van der Waals surface area contributed by atoms with Gasteiger partial charge in [-0.2, -0.15) is 0 Å². The summed E-state index contributed by atoms with van der Waals surface area (Å²) >= 11 is 5.63. The molecule has 5 nitrogen and oxygen atoms in total. The van der Waals surface area contributed by atoms with Crippen molar-refractivity contribution in [2.45, 2.75) is 0 Å². The van der Waals surface area contributed by atoms with E-state index in [0.29, 0.717) is 10.8 Å². The molecule has 0 radical (unpaired) electrons. The fourth-order valence-electron chi connectivity index (χ4n) is 1.34. The standard InChI is InChI=1S/C9H5ClN2O3/c10-8-4-5-3-6(12(14)15)1-2-7(5)9(13)11-8/h1-4H,(H,11,13). The van der Waals surface area contributed by atoms with Crippen LogP contribution in [0.1, 0.15) is 0 Å². The van der Waals surface area contributed by atoms with E-state index in [1.165, 1.54) is 24.3 Å². The highest BCUT2D eigenvalue weighted by molar-refractivity contribution is 6.30. The van der Waals surface area contributed by atoms with Crippen LogP contribution in [0, 0.1) is 10.1 Å². The predicted molar refractivity (Wildman–Crippen MR) is 56.2 cm³/mol. The van der Waals surface area contributed by atoms with E-state index >= 15 is 0 Å². The van der Waals surface area contributed by atoms with Gasteiger partial charge in [0.05, 0.1) is 4.92 Å². The van der Waals surface area contributed by atoms with Gasteiger partial charge >= 0.3 is 0 Å². The van der Waals surface area contributed by atoms with Gasteiger partial charge in [0.25, 0.3) is 11.2 Å². The van der Waals surface area contributed by atoms with Crippen molar-refractivity contribution in [1.29, 1.82) is 0 Å². The van der Waals surface area contributed by atoms with Gasteiger partial charge in [-0.3, -0.25) is 14.9 Å². The first-order valence-electron chi connectivity index (χ1n) is 4.05. The summed E-state index contributed by atoms with van der Waals surface area (Å²) in [4.78, 5) is 23.8. The van der Waals surface area contributed by atoms with Crippen molar-refractivity contribution in [2.24, 2.45) is 0 Å². The Hall–Kier alpha value is -1.88. The number of nitrogens with one attached hydrogen (secondary N) is 1. The molecule has 1 aromatic carbocycles. The summed E-state index contributed by atoms with van der Waals surface area (Å²) in [5.41, 5.74) is -0.420. The maximum absolute atomic E-state index is 11.4. The van der Waals surface area contributed by atoms with Crippen molar-refractivity contribution in [3.63, 3.8) is 0 Å². The van der Waals surface area contributed by atoms with Crippen LogP contribution in [-0.4, -0.2) is 9.91 Å². The van der Waals surface area contributed by atoms with E-state index in [9.17, 15) is 14.9 Å². The molecule has 15 heavy (non-hydrogen) atoms. The molecule has 6 heteroatoms. The highest BCUT2D eigenvalue weighted by Crippen LogP contribution is 2.19. The molecule has 0 atom stereocenters. The number of hydrogen-bond acceptors (Lipinski definition) is 3. The summed E-state index contributed by atoms with van der Waals surface area (Å²) in [7, 11) is 0. The molecule has 1 aromatic heterocycles. The lowest BCUT2D eigenvalue weighted by Gasteiger charge is -1.97. The Kier molecular flexibility index (Phi) is 2.17. The molecule has 0 aliphatic rings. The van der Waals surface area contributed by atoms with Crippen LogP contribution < -0.4 is 5.56 Å². The third-order valence-corrected chi connectivity index (χ3v) is 2.21. The zero-order valence-corrected chi connectivity index (χ0v) is 8.12. The molecule has 0 aliphatic heterocycles. The van der Waals surface area contributed by atoms with Crippen molar-refractivity contribution in [3.8, 4) is 0 Å². The molecule has 1 heterocycles. The SMILES string of the molecule is O=c1[nH]c(Cl)cc2cc([N+](=O)[O-])ccc12. The van der Waals surface area contributed by atoms with Gasteiger partial charge in [-0.15, -0.1) is 0 Å². The molecule has 0 amide bonds. The van der Waals surface area contributed by atoms with Crippen LogP contribution in [0.4, 0.5) is 5.69 Å². The zero-order valence-electron chi connectivity index (χ0n) is 7.36. The van der Waals surface area contributed by atoms with E-state index in [1.54, 1.807) is 0 Å². The number of rotatable bonds is 1. The Morgan fingerprint density at radius 2 is 2.07 bits per heavy atom. The normalized spacial score (nSPS) is 10.5. The summed E-state index contributed by atoms with van der Waals surface area (Å²) in [6.45, 7) is 0. The van der Waals surface area contributed by atoms with Crippen LogP contribution in [-0.2, 0) is 0 Å². The Labute approximate surface area is 88.5 Å². The molecule has 2 rings (SSSR count). The van der Waals surface area contributed by atoms with E-state index in [2.05, 4.69) is 4.98 Å². The number of pyridine rings is 1. The molecule has 2 aromatic rings. The molecule has 0 fully saturated rings. The lowest BCUT2D eigenvalue weighted by atomic mass is 10.1. The van der Waals surface area contributed by atoms with Gasteiger partial charge in [-0.1, -0.05) is 11.6 Å². The number of fused-ring (bicyclic) bond motifs is 1. The van der Waals surface area contributed by atoms with Gasteiger partial charge in [0.15, 0.2) is 0 Å². The number of aromatic amines is 1. The summed E-state index contributed by atoms with van der Waals surface area (Å²) in [5.74, 6) is 0. The van der Waals surface area contributed by atoms with Gasteiger partial charge in [0, 0.05) is 17.5 Å². The first kappa shape index (κ1) is 9.67. The molecule has 0 aliphatic carbocycles. The molecular weight excluding hydrogens is 220 g/mol. The Morgan fingerprint density at radius 3 is 2.73 bits per heavy atom. The zero-order chi connectivity index (χ0) is 11.0. The quantitative estimate of drug-likeness (QED) is 0.458. The van der Waals surface area contributed by atoms with Gasteiger partial charge in [0.2, 0.25) is 0 Å². The number of hydrogen-bond donors (Lipinski definition) is 1. The highest BCUT2D eigenvalue weighted by atomic mass is 35.5. The maximum Gasteiger partial charge on any atom is 0.270 e. The van der Waals surface area contributed by atoms with E-state index in [0.717, 1.165) is 0 Å². The summed E-state index contributed by atoms with van der Waals surface area (Å²) in [6, 6.07) is 5.48. The lowest BCUT2D eigenvalue weighted by Crippen LogP contribution is -2.05. The second kappa shape index (κ2) is 3.36. The molecule has 0 unspecified atom stereocenters. The van der Waals surface area contributed by atoms with Crippen LogP contribution in [0.25, 0.3) is 10.8 Å². The smallest absolute Gasteiger partial charge is 0.270 e. The second-order valence-corrected chi connectivity index (χ2v) is 3.38. The number of nitro groups is 1. The van der Waals surface area contributed by atoms with Crippen molar-refractivity contribution in [3.05, 3.63) is 49.9 Å². The van der Waals surface area contributed by atoms with Crippen molar-refractivity contribution in [1.82, 2.24) is 4.98 Å². The largest absolute Gasteiger partial charge is 0.312 e. The van der Waals surface area contributed by atoms with Crippen molar-refractivity contribution >= 4 is 28.1 Å². The number of H-pyrrole nitrogens is 1. The minimum absolute atomic E-state index is 0.0656. The minimum atomic E-state index is -0.519. The molecular formula is C9H5ClN2O3.